The maximum Gasteiger partial charge on any atom is 0.317 e. The first-order valence-corrected chi connectivity index (χ1v) is 8.05. The van der Waals surface area contributed by atoms with Gasteiger partial charge in [-0.15, -0.1) is 0 Å². The first-order chi connectivity index (χ1) is 10.1. The second kappa shape index (κ2) is 7.64. The van der Waals surface area contributed by atoms with Crippen LogP contribution in [0.25, 0.3) is 0 Å². The lowest BCUT2D eigenvalue weighted by Gasteiger charge is -2.26. The zero-order valence-electron chi connectivity index (χ0n) is 12.9. The normalized spacial score (nSPS) is 24.2. The molecule has 2 amide bonds. The predicted molar refractivity (Wildman–Crippen MR) is 80.2 cm³/mol. The highest BCUT2D eigenvalue weighted by Crippen LogP contribution is 2.20. The molecule has 2 aliphatic heterocycles. The molecule has 0 aliphatic carbocycles. The Morgan fingerprint density at radius 2 is 1.95 bits per heavy atom. The zero-order valence-corrected chi connectivity index (χ0v) is 12.9. The molecule has 0 saturated carbocycles. The number of carbonyl (C=O) groups excluding carboxylic acids is 1. The maximum atomic E-state index is 12.2. The molecule has 0 aromatic carbocycles. The maximum absolute atomic E-state index is 12.2. The Labute approximate surface area is 126 Å². The van der Waals surface area contributed by atoms with Gasteiger partial charge in [0.15, 0.2) is 0 Å². The lowest BCUT2D eigenvalue weighted by molar-refractivity contribution is -0.137. The van der Waals surface area contributed by atoms with Crippen molar-refractivity contribution in [3.05, 3.63) is 0 Å². The molecule has 0 aromatic heterocycles. The molecule has 2 unspecified atom stereocenters. The largest absolute Gasteiger partial charge is 0.481 e. The van der Waals surface area contributed by atoms with Crippen LogP contribution in [0.1, 0.15) is 39.0 Å². The fourth-order valence-electron chi connectivity index (χ4n) is 3.35. The Hall–Kier alpha value is -1.30. The van der Waals surface area contributed by atoms with Crippen LogP contribution in [0, 0.1) is 5.92 Å². The molecule has 2 rings (SSSR count). The smallest absolute Gasteiger partial charge is 0.317 e. The van der Waals surface area contributed by atoms with Crippen molar-refractivity contribution in [1.82, 2.24) is 15.1 Å². The number of nitrogens with zero attached hydrogens (tertiary/aromatic N) is 2. The molecule has 0 radical (unpaired) electrons. The summed E-state index contributed by atoms with van der Waals surface area (Å²) >= 11 is 0. The highest BCUT2D eigenvalue weighted by Gasteiger charge is 2.30. The van der Waals surface area contributed by atoms with Crippen LogP contribution in [-0.4, -0.2) is 65.7 Å². The third kappa shape index (κ3) is 4.88. The van der Waals surface area contributed by atoms with Gasteiger partial charge in [0.1, 0.15) is 0 Å². The van der Waals surface area contributed by atoms with Crippen molar-refractivity contribution in [2.24, 2.45) is 5.92 Å². The second-order valence-corrected chi connectivity index (χ2v) is 6.39. The quantitative estimate of drug-likeness (QED) is 0.776. The summed E-state index contributed by atoms with van der Waals surface area (Å²) in [5, 5.41) is 11.9. The number of hydrogen-bond acceptors (Lipinski definition) is 3. The molecular formula is C15H27N3O3. The molecule has 2 heterocycles. The topological polar surface area (TPSA) is 72.9 Å². The highest BCUT2D eigenvalue weighted by atomic mass is 16.4. The molecule has 0 spiro atoms. The molecule has 120 valence electrons. The van der Waals surface area contributed by atoms with Gasteiger partial charge in [-0.3, -0.25) is 4.79 Å². The first-order valence-electron chi connectivity index (χ1n) is 8.05. The van der Waals surface area contributed by atoms with Crippen LogP contribution in [0.5, 0.6) is 0 Å². The van der Waals surface area contributed by atoms with E-state index in [2.05, 4.69) is 17.1 Å². The summed E-state index contributed by atoms with van der Waals surface area (Å²) in [6, 6.07) is -0.247. The monoisotopic (exact) mass is 297 g/mol. The van der Waals surface area contributed by atoms with Crippen LogP contribution in [0.3, 0.4) is 0 Å². The molecule has 0 bridgehead atoms. The van der Waals surface area contributed by atoms with Crippen LogP contribution in [0.15, 0.2) is 0 Å². The van der Waals surface area contributed by atoms with E-state index in [1.54, 1.807) is 4.90 Å². The lowest BCUT2D eigenvalue weighted by Crippen LogP contribution is -2.45. The number of carboxylic acid groups (broad SMARTS) is 1. The first kappa shape index (κ1) is 16.1. The Bertz CT molecular complexity index is 369. The number of carboxylic acids is 1. The molecule has 6 nitrogen and oxygen atoms in total. The summed E-state index contributed by atoms with van der Waals surface area (Å²) in [6.45, 7) is 6.85. The highest BCUT2D eigenvalue weighted by molar-refractivity contribution is 5.76. The lowest BCUT2D eigenvalue weighted by atomic mass is 10.1. The Morgan fingerprint density at radius 1 is 1.24 bits per heavy atom. The van der Waals surface area contributed by atoms with Gasteiger partial charge in [0.2, 0.25) is 0 Å². The molecule has 6 heteroatoms. The molecule has 21 heavy (non-hydrogen) atoms. The number of nitrogens with one attached hydrogen (secondary N) is 1. The van der Waals surface area contributed by atoms with Crippen molar-refractivity contribution in [3.8, 4) is 0 Å². The van der Waals surface area contributed by atoms with Crippen LogP contribution < -0.4 is 5.32 Å². The molecule has 2 atom stereocenters. The minimum atomic E-state index is -0.831. The van der Waals surface area contributed by atoms with E-state index >= 15 is 0 Å². The minimum absolute atomic E-state index is 0.0523. The summed E-state index contributed by atoms with van der Waals surface area (Å²) in [6.07, 6.45) is 4.31. The molecular weight excluding hydrogens is 270 g/mol. The van der Waals surface area contributed by atoms with Gasteiger partial charge in [0, 0.05) is 25.7 Å². The van der Waals surface area contributed by atoms with E-state index < -0.39 is 5.97 Å². The predicted octanol–water partition coefficient (Wildman–Crippen LogP) is 1.37. The number of rotatable bonds is 6. The number of aliphatic carboxylic acids is 1. The molecule has 2 N–H and O–H groups in total. The fourth-order valence-corrected chi connectivity index (χ4v) is 3.35. The summed E-state index contributed by atoms with van der Waals surface area (Å²) in [7, 11) is 0. The number of urea groups is 1. The van der Waals surface area contributed by atoms with Crippen molar-refractivity contribution < 1.29 is 14.7 Å². The van der Waals surface area contributed by atoms with Crippen molar-refractivity contribution in [1.29, 1.82) is 0 Å². The Kier molecular flexibility index (Phi) is 5.85. The van der Waals surface area contributed by atoms with Crippen molar-refractivity contribution >= 4 is 12.0 Å². The van der Waals surface area contributed by atoms with Gasteiger partial charge >= 0.3 is 12.0 Å². The number of likely N-dealkylation sites (tertiary alicyclic amines) is 2. The van der Waals surface area contributed by atoms with Gasteiger partial charge in [-0.1, -0.05) is 6.92 Å². The molecule has 0 aromatic rings. The standard InChI is InChI=1S/C15H27N3O3/c1-12(11-17-6-2-3-7-17)10-16-15(21)18-8-4-5-13(18)9-14(19)20/h12-13H,2-11H2,1H3,(H,16,21)(H,19,20). The van der Waals surface area contributed by atoms with E-state index in [-0.39, 0.29) is 18.5 Å². The van der Waals surface area contributed by atoms with Crippen LogP contribution in [-0.2, 0) is 4.79 Å². The summed E-state index contributed by atoms with van der Waals surface area (Å²) in [5.41, 5.74) is 0. The molecule has 2 saturated heterocycles. The van der Waals surface area contributed by atoms with Gasteiger partial charge in [0.05, 0.1) is 6.42 Å². The van der Waals surface area contributed by atoms with E-state index in [0.717, 1.165) is 19.4 Å². The third-order valence-electron chi connectivity index (χ3n) is 4.42. The second-order valence-electron chi connectivity index (χ2n) is 6.39. The molecule has 2 fully saturated rings. The van der Waals surface area contributed by atoms with Crippen molar-refractivity contribution in [2.45, 2.75) is 45.1 Å². The number of carbonyl (C=O) groups is 2. The number of hydrogen-bond donors (Lipinski definition) is 2. The van der Waals surface area contributed by atoms with Gasteiger partial charge in [0.25, 0.3) is 0 Å². The van der Waals surface area contributed by atoms with E-state index in [1.807, 2.05) is 0 Å². The fraction of sp³-hybridized carbons (Fsp3) is 0.867. The molecule has 2 aliphatic rings. The van der Waals surface area contributed by atoms with Crippen LogP contribution >= 0.6 is 0 Å². The van der Waals surface area contributed by atoms with Gasteiger partial charge in [-0.05, 0) is 44.7 Å². The van der Waals surface area contributed by atoms with E-state index in [4.69, 9.17) is 5.11 Å². The summed E-state index contributed by atoms with van der Waals surface area (Å²) in [4.78, 5) is 27.1. The van der Waals surface area contributed by atoms with Crippen molar-refractivity contribution in [3.63, 3.8) is 0 Å². The average molecular weight is 297 g/mol. The average Bonchev–Trinajstić information content (AvgIpc) is 3.07. The summed E-state index contributed by atoms with van der Waals surface area (Å²) in [5.74, 6) is -0.408. The van der Waals surface area contributed by atoms with Crippen LogP contribution in [0.2, 0.25) is 0 Å². The zero-order chi connectivity index (χ0) is 15.2. The van der Waals surface area contributed by atoms with E-state index in [0.29, 0.717) is 19.0 Å². The van der Waals surface area contributed by atoms with E-state index in [9.17, 15) is 9.59 Å². The number of amides is 2. The van der Waals surface area contributed by atoms with E-state index in [1.165, 1.54) is 25.9 Å². The van der Waals surface area contributed by atoms with Crippen molar-refractivity contribution in [2.75, 3.05) is 32.7 Å². The minimum Gasteiger partial charge on any atom is -0.481 e. The summed E-state index contributed by atoms with van der Waals surface area (Å²) < 4.78 is 0. The van der Waals surface area contributed by atoms with Crippen LogP contribution in [0.4, 0.5) is 4.79 Å². The third-order valence-corrected chi connectivity index (χ3v) is 4.42. The Morgan fingerprint density at radius 3 is 2.62 bits per heavy atom. The van der Waals surface area contributed by atoms with Gasteiger partial charge < -0.3 is 20.2 Å². The Balaban J connectivity index is 1.71. The SMILES string of the molecule is CC(CNC(=O)N1CCCC1CC(=O)O)CN1CCCC1. The van der Waals surface area contributed by atoms with Gasteiger partial charge in [-0.25, -0.2) is 4.79 Å². The van der Waals surface area contributed by atoms with Gasteiger partial charge in [-0.2, -0.15) is 0 Å².